The molecule has 0 aliphatic carbocycles. The summed E-state index contributed by atoms with van der Waals surface area (Å²) in [6.07, 6.45) is 5.26. The van der Waals surface area contributed by atoms with Gasteiger partial charge in [-0.05, 0) is 143 Å². The maximum atomic E-state index is 4.82. The number of aromatic nitrogens is 6. The fraction of sp³-hybridized carbons (Fsp3) is 0. The van der Waals surface area contributed by atoms with Crippen molar-refractivity contribution >= 4 is 61.9 Å². The SMILES string of the molecule is C=C/C=C(\C=C)n1nc2ccc(N(c3ccccc3)c3ccc(-c4ccc(-c5ccc(-c6ccc(N(c7ccccc7)c7ccc8nn(-c9ccccc9)nc8c7)cc6)cc5)cc4)cc3)cc2n1. The summed E-state index contributed by atoms with van der Waals surface area (Å²) in [5.41, 5.74) is 18.0. The van der Waals surface area contributed by atoms with Gasteiger partial charge in [-0.25, -0.2) is 0 Å². The topological polar surface area (TPSA) is 67.9 Å². The van der Waals surface area contributed by atoms with Crippen molar-refractivity contribution in [2.75, 3.05) is 9.80 Å². The molecule has 0 fully saturated rings. The Hall–Kier alpha value is -9.40. The lowest BCUT2D eigenvalue weighted by Gasteiger charge is -2.25. The molecule has 0 spiro atoms. The second-order valence-electron chi connectivity index (χ2n) is 16.3. The van der Waals surface area contributed by atoms with E-state index in [-0.39, 0.29) is 0 Å². The summed E-state index contributed by atoms with van der Waals surface area (Å²) in [6, 6.07) is 78.3. The van der Waals surface area contributed by atoms with Crippen molar-refractivity contribution in [1.82, 2.24) is 30.0 Å². The summed E-state index contributed by atoms with van der Waals surface area (Å²) in [7, 11) is 0. The molecule has 11 aromatic rings. The third-order valence-electron chi connectivity index (χ3n) is 12.0. The lowest BCUT2D eigenvalue weighted by molar-refractivity contribution is 0.766. The van der Waals surface area contributed by atoms with E-state index < -0.39 is 0 Å². The Labute approximate surface area is 394 Å². The highest BCUT2D eigenvalue weighted by Crippen LogP contribution is 2.39. The monoisotopic (exact) mass is 876 g/mol. The molecule has 8 nitrogen and oxygen atoms in total. The van der Waals surface area contributed by atoms with Crippen molar-refractivity contribution in [3.05, 3.63) is 256 Å². The molecule has 8 heteroatoms. The molecular formula is C60H44N8. The van der Waals surface area contributed by atoms with E-state index in [4.69, 9.17) is 15.3 Å². The van der Waals surface area contributed by atoms with Crippen LogP contribution in [0.2, 0.25) is 0 Å². The van der Waals surface area contributed by atoms with Gasteiger partial charge in [0.05, 0.1) is 11.4 Å². The highest BCUT2D eigenvalue weighted by atomic mass is 15.5. The molecule has 0 aliphatic rings. The van der Waals surface area contributed by atoms with Crippen molar-refractivity contribution in [3.63, 3.8) is 0 Å². The first-order valence-corrected chi connectivity index (χ1v) is 22.5. The van der Waals surface area contributed by atoms with E-state index >= 15 is 0 Å². The molecule has 68 heavy (non-hydrogen) atoms. The number of para-hydroxylation sites is 3. The third-order valence-corrected chi connectivity index (χ3v) is 12.0. The molecule has 0 aliphatic heterocycles. The molecule has 0 radical (unpaired) electrons. The molecule has 2 heterocycles. The van der Waals surface area contributed by atoms with Gasteiger partial charge in [-0.1, -0.05) is 147 Å². The summed E-state index contributed by atoms with van der Waals surface area (Å²) in [5, 5.41) is 19.0. The summed E-state index contributed by atoms with van der Waals surface area (Å²) >= 11 is 0. The second kappa shape index (κ2) is 18.2. The zero-order chi connectivity index (χ0) is 45.8. The molecule has 0 amide bonds. The maximum Gasteiger partial charge on any atom is 0.115 e. The van der Waals surface area contributed by atoms with Crippen LogP contribution in [-0.2, 0) is 0 Å². The Bertz CT molecular complexity index is 3560. The molecular weight excluding hydrogens is 833 g/mol. The minimum atomic E-state index is 0.752. The van der Waals surface area contributed by atoms with Crippen LogP contribution in [0.1, 0.15) is 0 Å². The summed E-state index contributed by atoms with van der Waals surface area (Å²) < 4.78 is 0. The van der Waals surface area contributed by atoms with Gasteiger partial charge in [0.25, 0.3) is 0 Å². The highest BCUT2D eigenvalue weighted by molar-refractivity contribution is 5.87. The van der Waals surface area contributed by atoms with Crippen LogP contribution in [0, 0.1) is 0 Å². The zero-order valence-corrected chi connectivity index (χ0v) is 37.1. The first-order valence-electron chi connectivity index (χ1n) is 22.5. The molecule has 0 bridgehead atoms. The molecule has 324 valence electrons. The van der Waals surface area contributed by atoms with Crippen LogP contribution in [0.15, 0.2) is 256 Å². The fourth-order valence-electron chi connectivity index (χ4n) is 8.58. The van der Waals surface area contributed by atoms with Gasteiger partial charge in [-0.3, -0.25) is 0 Å². The Balaban J connectivity index is 0.808. The van der Waals surface area contributed by atoms with Crippen LogP contribution < -0.4 is 9.80 Å². The normalized spacial score (nSPS) is 11.4. The van der Waals surface area contributed by atoms with Gasteiger partial charge in [0.15, 0.2) is 0 Å². The number of hydrogen-bond donors (Lipinski definition) is 0. The maximum absolute atomic E-state index is 4.82. The van der Waals surface area contributed by atoms with E-state index in [1.807, 2.05) is 60.7 Å². The van der Waals surface area contributed by atoms with Gasteiger partial charge in [0, 0.05) is 34.1 Å². The van der Waals surface area contributed by atoms with Crippen molar-refractivity contribution in [1.29, 1.82) is 0 Å². The predicted octanol–water partition coefficient (Wildman–Crippen LogP) is 15.3. The van der Waals surface area contributed by atoms with E-state index in [9.17, 15) is 0 Å². The molecule has 0 atom stereocenters. The number of hydrogen-bond acceptors (Lipinski definition) is 6. The van der Waals surface area contributed by atoms with Crippen molar-refractivity contribution < 1.29 is 0 Å². The summed E-state index contributed by atoms with van der Waals surface area (Å²) in [6.45, 7) is 7.72. The number of anilines is 6. The average molecular weight is 877 g/mol. The number of allylic oxidation sites excluding steroid dienone is 4. The standard InChI is InChI=1S/C60H44N8/c1-3-14-49(4-2)67-61-57-39-37-55(41-59(57)63-67)65(50-15-8-5-9-16-50)52-33-29-47(30-34-52)45-25-21-43(22-26-45)44-23-27-46(28-24-44)48-31-35-53(36-32-48)66(51-17-10-6-11-18-51)56-38-40-58-60(42-56)64-68(62-58)54-19-12-7-13-20-54/h3-42H,1-2H2/b49-14+. The van der Waals surface area contributed by atoms with Crippen molar-refractivity contribution in [2.24, 2.45) is 0 Å². The van der Waals surface area contributed by atoms with Gasteiger partial charge in [-0.2, -0.15) is 9.59 Å². The van der Waals surface area contributed by atoms with Gasteiger partial charge in [0.1, 0.15) is 22.1 Å². The quantitative estimate of drug-likeness (QED) is 0.108. The first-order chi connectivity index (χ1) is 33.6. The van der Waals surface area contributed by atoms with Crippen molar-refractivity contribution in [3.8, 4) is 39.1 Å². The lowest BCUT2D eigenvalue weighted by atomic mass is 9.98. The minimum Gasteiger partial charge on any atom is -0.310 e. The number of benzene rings is 9. The van der Waals surface area contributed by atoms with E-state index in [1.54, 1.807) is 21.7 Å². The Kier molecular flexibility index (Phi) is 11.1. The van der Waals surface area contributed by atoms with Gasteiger partial charge in [-0.15, -0.1) is 20.4 Å². The number of fused-ring (bicyclic) bond motifs is 2. The second-order valence-corrected chi connectivity index (χ2v) is 16.3. The summed E-state index contributed by atoms with van der Waals surface area (Å²) in [5.74, 6) is 0. The van der Waals surface area contributed by atoms with E-state index in [1.165, 1.54) is 0 Å². The van der Waals surface area contributed by atoms with Crippen LogP contribution in [0.3, 0.4) is 0 Å². The first kappa shape index (κ1) is 41.3. The van der Waals surface area contributed by atoms with Crippen LogP contribution in [-0.4, -0.2) is 30.0 Å². The Morgan fingerprint density at radius 3 is 1.12 bits per heavy atom. The van der Waals surface area contributed by atoms with E-state index in [0.717, 1.165) is 101 Å². The number of rotatable bonds is 13. The smallest absolute Gasteiger partial charge is 0.115 e. The summed E-state index contributed by atoms with van der Waals surface area (Å²) in [4.78, 5) is 7.78. The van der Waals surface area contributed by atoms with E-state index in [2.05, 4.69) is 198 Å². The largest absolute Gasteiger partial charge is 0.310 e. The van der Waals surface area contributed by atoms with Crippen LogP contribution >= 0.6 is 0 Å². The molecule has 0 N–H and O–H groups in total. The number of nitrogens with zero attached hydrogens (tertiary/aromatic N) is 8. The highest BCUT2D eigenvalue weighted by Gasteiger charge is 2.17. The molecule has 2 aromatic heterocycles. The molecule has 9 aromatic carbocycles. The molecule has 11 rings (SSSR count). The van der Waals surface area contributed by atoms with Gasteiger partial charge >= 0.3 is 0 Å². The fourth-order valence-corrected chi connectivity index (χ4v) is 8.58. The molecule has 0 saturated carbocycles. The van der Waals surface area contributed by atoms with Crippen molar-refractivity contribution in [2.45, 2.75) is 0 Å². The van der Waals surface area contributed by atoms with Crippen LogP contribution in [0.5, 0.6) is 0 Å². The van der Waals surface area contributed by atoms with Crippen LogP contribution in [0.4, 0.5) is 34.1 Å². The van der Waals surface area contributed by atoms with Gasteiger partial charge in [0.2, 0.25) is 0 Å². The molecule has 0 unspecified atom stereocenters. The van der Waals surface area contributed by atoms with Gasteiger partial charge < -0.3 is 9.80 Å². The van der Waals surface area contributed by atoms with E-state index in [0.29, 0.717) is 0 Å². The molecule has 0 saturated heterocycles. The third kappa shape index (κ3) is 8.25. The zero-order valence-electron chi connectivity index (χ0n) is 37.1. The predicted molar refractivity (Wildman–Crippen MR) is 280 cm³/mol. The lowest BCUT2D eigenvalue weighted by Crippen LogP contribution is -2.09. The Morgan fingerprint density at radius 2 is 0.691 bits per heavy atom. The minimum absolute atomic E-state index is 0.752. The Morgan fingerprint density at radius 1 is 0.353 bits per heavy atom. The van der Waals surface area contributed by atoms with Crippen LogP contribution in [0.25, 0.3) is 66.8 Å². The average Bonchev–Trinajstić information content (AvgIpc) is 4.04.